The molecule has 1 rings (SSSR count). The lowest BCUT2D eigenvalue weighted by molar-refractivity contribution is -0.141. The Morgan fingerprint density at radius 3 is 2.82 bits per heavy atom. The summed E-state index contributed by atoms with van der Waals surface area (Å²) in [4.78, 5) is 11.2. The molecule has 0 bridgehead atoms. The topological polar surface area (TPSA) is 38.3 Å². The first-order valence-electron chi connectivity index (χ1n) is 6.24. The van der Waals surface area contributed by atoms with E-state index in [9.17, 15) is 4.79 Å². The highest BCUT2D eigenvalue weighted by Crippen LogP contribution is 2.26. The number of rotatable bonds is 6. The van der Waals surface area contributed by atoms with Gasteiger partial charge in [0.25, 0.3) is 0 Å². The Kier molecular flexibility index (Phi) is 5.42. The quantitative estimate of drug-likeness (QED) is 0.721. The van der Waals surface area contributed by atoms with E-state index >= 15 is 0 Å². The summed E-state index contributed by atoms with van der Waals surface area (Å²) in [5.74, 6) is -0.145. The summed E-state index contributed by atoms with van der Waals surface area (Å²) >= 11 is 0. The average Bonchev–Trinajstić information content (AvgIpc) is 2.35. The van der Waals surface area contributed by atoms with E-state index in [-0.39, 0.29) is 17.4 Å². The minimum atomic E-state index is -0.145. The monoisotopic (exact) mass is 237 g/mol. The number of ether oxygens (including phenoxy) is 1. The molecular weight excluding hydrogens is 214 g/mol. The van der Waals surface area contributed by atoms with Crippen LogP contribution in [0.15, 0.2) is 24.3 Å². The lowest BCUT2D eigenvalue weighted by atomic mass is 9.83. The number of carbonyl (C=O) groups is 1. The van der Waals surface area contributed by atoms with Gasteiger partial charge >= 0.3 is 5.97 Å². The molecule has 0 radical (unpaired) electrons. The molecule has 17 heavy (non-hydrogen) atoms. The Balaban J connectivity index is 2.39. The Hall–Kier alpha value is -1.09. The smallest absolute Gasteiger partial charge is 0.307 e. The first kappa shape index (κ1) is 14.0. The van der Waals surface area contributed by atoms with Gasteiger partial charge in [0.05, 0.1) is 13.5 Å². The van der Waals surface area contributed by atoms with Crippen LogP contribution >= 0.6 is 0 Å². The van der Waals surface area contributed by atoms with Crippen molar-refractivity contribution in [3.63, 3.8) is 0 Å². The van der Waals surface area contributed by atoms with Crippen LogP contribution in [0, 0.1) is 5.41 Å². The SMILES string of the molecule is CCC(CC(=O)OC)NCC1(C)C=CC=CC1. The molecule has 0 heterocycles. The molecular formula is C14H23NO2. The fourth-order valence-electron chi connectivity index (χ4n) is 1.93. The van der Waals surface area contributed by atoms with E-state index in [0.29, 0.717) is 6.42 Å². The van der Waals surface area contributed by atoms with Crippen molar-refractivity contribution in [2.45, 2.75) is 39.2 Å². The number of allylic oxidation sites excluding steroid dienone is 3. The molecule has 1 N–H and O–H groups in total. The standard InChI is InChI=1S/C14H23NO2/c1-4-12(10-13(16)17-3)15-11-14(2)8-6-5-7-9-14/h5-8,12,15H,4,9-11H2,1-3H3. The predicted octanol–water partition coefficient (Wildman–Crippen LogP) is 2.44. The molecule has 3 heteroatoms. The Labute approximate surface area is 104 Å². The van der Waals surface area contributed by atoms with E-state index in [1.807, 2.05) is 0 Å². The fraction of sp³-hybridized carbons (Fsp3) is 0.643. The highest BCUT2D eigenvalue weighted by molar-refractivity contribution is 5.69. The van der Waals surface area contributed by atoms with Gasteiger partial charge in [-0.25, -0.2) is 0 Å². The van der Waals surface area contributed by atoms with Crippen molar-refractivity contribution in [3.05, 3.63) is 24.3 Å². The van der Waals surface area contributed by atoms with Gasteiger partial charge in [0.2, 0.25) is 0 Å². The molecule has 0 aromatic heterocycles. The summed E-state index contributed by atoms with van der Waals surface area (Å²) in [6.07, 6.45) is 11.0. The summed E-state index contributed by atoms with van der Waals surface area (Å²) in [6, 6.07) is 0.207. The average molecular weight is 237 g/mol. The Morgan fingerprint density at radius 1 is 1.53 bits per heavy atom. The van der Waals surface area contributed by atoms with Gasteiger partial charge in [-0.1, -0.05) is 38.2 Å². The fourth-order valence-corrected chi connectivity index (χ4v) is 1.93. The van der Waals surface area contributed by atoms with Crippen molar-refractivity contribution in [1.82, 2.24) is 5.32 Å². The van der Waals surface area contributed by atoms with Crippen LogP contribution in [0.5, 0.6) is 0 Å². The van der Waals surface area contributed by atoms with Crippen LogP contribution in [0.3, 0.4) is 0 Å². The molecule has 2 unspecified atom stereocenters. The molecule has 0 aromatic rings. The Bertz CT molecular complexity index is 309. The van der Waals surface area contributed by atoms with Gasteiger partial charge in [0.1, 0.15) is 0 Å². The van der Waals surface area contributed by atoms with Gasteiger partial charge in [-0.3, -0.25) is 4.79 Å². The molecule has 0 fully saturated rings. The zero-order valence-electron chi connectivity index (χ0n) is 11.0. The molecule has 3 nitrogen and oxygen atoms in total. The second kappa shape index (κ2) is 6.60. The second-order valence-electron chi connectivity index (χ2n) is 4.91. The highest BCUT2D eigenvalue weighted by atomic mass is 16.5. The third-order valence-electron chi connectivity index (χ3n) is 3.26. The van der Waals surface area contributed by atoms with Gasteiger partial charge in [-0.15, -0.1) is 0 Å². The highest BCUT2D eigenvalue weighted by Gasteiger charge is 2.22. The third kappa shape index (κ3) is 4.73. The third-order valence-corrected chi connectivity index (χ3v) is 3.26. The van der Waals surface area contributed by atoms with Gasteiger partial charge < -0.3 is 10.1 Å². The van der Waals surface area contributed by atoms with E-state index in [4.69, 9.17) is 4.74 Å². The van der Waals surface area contributed by atoms with E-state index in [2.05, 4.69) is 43.5 Å². The lowest BCUT2D eigenvalue weighted by Gasteiger charge is -2.29. The summed E-state index contributed by atoms with van der Waals surface area (Å²) in [5, 5.41) is 3.46. The Morgan fingerprint density at radius 2 is 2.29 bits per heavy atom. The van der Waals surface area contributed by atoms with E-state index in [0.717, 1.165) is 19.4 Å². The van der Waals surface area contributed by atoms with E-state index < -0.39 is 0 Å². The minimum Gasteiger partial charge on any atom is -0.469 e. The van der Waals surface area contributed by atoms with Crippen molar-refractivity contribution in [1.29, 1.82) is 0 Å². The molecule has 2 atom stereocenters. The zero-order valence-corrected chi connectivity index (χ0v) is 11.0. The molecule has 0 spiro atoms. The lowest BCUT2D eigenvalue weighted by Crippen LogP contribution is -2.38. The predicted molar refractivity (Wildman–Crippen MR) is 69.7 cm³/mol. The minimum absolute atomic E-state index is 0.145. The maximum Gasteiger partial charge on any atom is 0.307 e. The number of hydrogen-bond donors (Lipinski definition) is 1. The zero-order chi connectivity index (χ0) is 12.7. The van der Waals surface area contributed by atoms with Gasteiger partial charge in [-0.05, 0) is 12.8 Å². The molecule has 0 saturated heterocycles. The van der Waals surface area contributed by atoms with Crippen LogP contribution in [0.4, 0.5) is 0 Å². The van der Waals surface area contributed by atoms with Crippen LogP contribution in [0.25, 0.3) is 0 Å². The molecule has 0 saturated carbocycles. The maximum absolute atomic E-state index is 11.2. The van der Waals surface area contributed by atoms with Crippen LogP contribution < -0.4 is 5.32 Å². The van der Waals surface area contributed by atoms with Crippen molar-refractivity contribution in [2.75, 3.05) is 13.7 Å². The second-order valence-corrected chi connectivity index (χ2v) is 4.91. The molecule has 0 aromatic carbocycles. The van der Waals surface area contributed by atoms with Crippen molar-refractivity contribution in [2.24, 2.45) is 5.41 Å². The number of nitrogens with one attached hydrogen (secondary N) is 1. The van der Waals surface area contributed by atoms with Crippen LogP contribution in [0.2, 0.25) is 0 Å². The van der Waals surface area contributed by atoms with Crippen LogP contribution in [0.1, 0.15) is 33.1 Å². The number of hydrogen-bond acceptors (Lipinski definition) is 3. The number of esters is 1. The molecule has 0 amide bonds. The molecule has 0 aliphatic heterocycles. The maximum atomic E-state index is 11.2. The van der Waals surface area contributed by atoms with Crippen LogP contribution in [-0.2, 0) is 9.53 Å². The number of methoxy groups -OCH3 is 1. The van der Waals surface area contributed by atoms with Gasteiger partial charge in [0.15, 0.2) is 0 Å². The normalized spacial score (nSPS) is 24.6. The first-order valence-corrected chi connectivity index (χ1v) is 6.24. The van der Waals surface area contributed by atoms with E-state index in [1.54, 1.807) is 0 Å². The van der Waals surface area contributed by atoms with E-state index in [1.165, 1.54) is 7.11 Å². The van der Waals surface area contributed by atoms with Crippen molar-refractivity contribution >= 4 is 5.97 Å². The van der Waals surface area contributed by atoms with Crippen molar-refractivity contribution in [3.8, 4) is 0 Å². The summed E-state index contributed by atoms with van der Waals surface area (Å²) < 4.78 is 4.70. The van der Waals surface area contributed by atoms with Gasteiger partial charge in [0, 0.05) is 18.0 Å². The summed E-state index contributed by atoms with van der Waals surface area (Å²) in [5.41, 5.74) is 0.165. The molecule has 96 valence electrons. The number of carbonyl (C=O) groups excluding carboxylic acids is 1. The van der Waals surface area contributed by atoms with Gasteiger partial charge in [-0.2, -0.15) is 0 Å². The summed E-state index contributed by atoms with van der Waals surface area (Å²) in [6.45, 7) is 5.20. The first-order chi connectivity index (χ1) is 8.09. The van der Waals surface area contributed by atoms with Crippen LogP contribution in [-0.4, -0.2) is 25.7 Å². The molecule has 1 aliphatic rings. The molecule has 1 aliphatic carbocycles. The van der Waals surface area contributed by atoms with Crippen molar-refractivity contribution < 1.29 is 9.53 Å². The summed E-state index contributed by atoms with van der Waals surface area (Å²) in [7, 11) is 1.44. The largest absolute Gasteiger partial charge is 0.469 e.